The van der Waals surface area contributed by atoms with Crippen LogP contribution in [0.2, 0.25) is 0 Å². The van der Waals surface area contributed by atoms with Gasteiger partial charge in [-0.05, 0) is 35.6 Å². The summed E-state index contributed by atoms with van der Waals surface area (Å²) >= 11 is 0. The zero-order valence-corrected chi connectivity index (χ0v) is 14.9. The van der Waals surface area contributed by atoms with E-state index in [0.717, 1.165) is 17.7 Å². The predicted octanol–water partition coefficient (Wildman–Crippen LogP) is 3.43. The van der Waals surface area contributed by atoms with Gasteiger partial charge < -0.3 is 15.8 Å². The van der Waals surface area contributed by atoms with Gasteiger partial charge in [0.25, 0.3) is 0 Å². The second-order valence-electron chi connectivity index (χ2n) is 5.64. The molecule has 2 rings (SSSR count). The maximum atomic E-state index is 12.1. The van der Waals surface area contributed by atoms with Crippen molar-refractivity contribution in [2.24, 2.45) is 5.73 Å². The molecular formula is C19H25ClN2O2. The molecule has 2 aromatic rings. The van der Waals surface area contributed by atoms with E-state index in [1.54, 1.807) is 7.11 Å². The summed E-state index contributed by atoms with van der Waals surface area (Å²) in [6, 6.07) is 16.8. The van der Waals surface area contributed by atoms with Crippen LogP contribution in [-0.2, 0) is 4.79 Å². The van der Waals surface area contributed by atoms with E-state index >= 15 is 0 Å². The van der Waals surface area contributed by atoms with E-state index < -0.39 is 6.04 Å². The molecule has 0 fully saturated rings. The highest BCUT2D eigenvalue weighted by Gasteiger charge is 2.15. The van der Waals surface area contributed by atoms with Crippen LogP contribution in [0.5, 0.6) is 5.75 Å². The van der Waals surface area contributed by atoms with E-state index in [1.165, 1.54) is 5.56 Å². The summed E-state index contributed by atoms with van der Waals surface area (Å²) in [5.74, 6) is 1.07. The zero-order chi connectivity index (χ0) is 16.7. The Morgan fingerprint density at radius 1 is 1.08 bits per heavy atom. The van der Waals surface area contributed by atoms with Gasteiger partial charge in [-0.15, -0.1) is 12.4 Å². The molecule has 0 aliphatic heterocycles. The molecule has 4 nitrogen and oxygen atoms in total. The van der Waals surface area contributed by atoms with Crippen LogP contribution in [0.1, 0.15) is 36.4 Å². The highest BCUT2D eigenvalue weighted by atomic mass is 35.5. The molecule has 2 aromatic carbocycles. The highest BCUT2D eigenvalue weighted by molar-refractivity contribution is 5.85. The summed E-state index contributed by atoms with van der Waals surface area (Å²) in [6.07, 6.45) is 0.861. The third-order valence-corrected chi connectivity index (χ3v) is 4.00. The number of carbonyl (C=O) groups excluding carboxylic acids is 1. The van der Waals surface area contributed by atoms with Crippen molar-refractivity contribution in [1.82, 2.24) is 5.32 Å². The number of methoxy groups -OCH3 is 1. The van der Waals surface area contributed by atoms with E-state index in [-0.39, 0.29) is 18.3 Å². The number of benzene rings is 2. The molecule has 24 heavy (non-hydrogen) atoms. The monoisotopic (exact) mass is 348 g/mol. The zero-order valence-electron chi connectivity index (χ0n) is 14.1. The lowest BCUT2D eigenvalue weighted by atomic mass is 9.97. The molecule has 0 aromatic heterocycles. The van der Waals surface area contributed by atoms with Gasteiger partial charge in [0, 0.05) is 6.54 Å². The van der Waals surface area contributed by atoms with Crippen molar-refractivity contribution in [3.05, 3.63) is 65.7 Å². The van der Waals surface area contributed by atoms with Crippen molar-refractivity contribution in [3.63, 3.8) is 0 Å². The molecule has 3 N–H and O–H groups in total. The number of nitrogens with two attached hydrogens (primary N) is 1. The minimum Gasteiger partial charge on any atom is -0.497 e. The van der Waals surface area contributed by atoms with Crippen molar-refractivity contribution >= 4 is 18.3 Å². The van der Waals surface area contributed by atoms with Gasteiger partial charge in [-0.2, -0.15) is 0 Å². The van der Waals surface area contributed by atoms with Crippen LogP contribution in [0, 0.1) is 0 Å². The first-order valence-corrected chi connectivity index (χ1v) is 7.84. The molecule has 0 aliphatic rings. The Morgan fingerprint density at radius 2 is 1.71 bits per heavy atom. The summed E-state index contributed by atoms with van der Waals surface area (Å²) < 4.78 is 5.16. The third kappa shape index (κ3) is 5.55. The summed E-state index contributed by atoms with van der Waals surface area (Å²) in [7, 11) is 1.66. The van der Waals surface area contributed by atoms with Crippen molar-refractivity contribution in [2.45, 2.75) is 25.3 Å². The van der Waals surface area contributed by atoms with Crippen molar-refractivity contribution in [1.29, 1.82) is 0 Å². The van der Waals surface area contributed by atoms with E-state index in [1.807, 2.05) is 42.5 Å². The van der Waals surface area contributed by atoms with E-state index in [4.69, 9.17) is 10.5 Å². The Balaban J connectivity index is 0.00000288. The van der Waals surface area contributed by atoms with Gasteiger partial charge in [0.2, 0.25) is 5.91 Å². The van der Waals surface area contributed by atoms with Crippen LogP contribution in [0.15, 0.2) is 54.6 Å². The molecule has 0 radical (unpaired) electrons. The first-order chi connectivity index (χ1) is 11.1. The lowest BCUT2D eigenvalue weighted by Crippen LogP contribution is -2.34. The fraction of sp³-hybridized carbons (Fsp3) is 0.316. The van der Waals surface area contributed by atoms with Crippen LogP contribution in [0.25, 0.3) is 0 Å². The Hall–Kier alpha value is -2.04. The number of amides is 1. The number of carbonyl (C=O) groups is 1. The molecule has 0 saturated heterocycles. The van der Waals surface area contributed by atoms with Gasteiger partial charge in [-0.25, -0.2) is 0 Å². The van der Waals surface area contributed by atoms with E-state index in [9.17, 15) is 4.79 Å². The molecule has 5 heteroatoms. The average molecular weight is 349 g/mol. The molecule has 1 amide bonds. The van der Waals surface area contributed by atoms with Crippen molar-refractivity contribution < 1.29 is 9.53 Å². The summed E-state index contributed by atoms with van der Waals surface area (Å²) in [5, 5.41) is 2.92. The lowest BCUT2D eigenvalue weighted by molar-refractivity contribution is -0.122. The molecule has 0 bridgehead atoms. The highest BCUT2D eigenvalue weighted by Crippen LogP contribution is 2.21. The molecule has 2 atom stereocenters. The molecule has 0 spiro atoms. The molecule has 2 unspecified atom stereocenters. The molecule has 0 heterocycles. The number of hydrogen-bond donors (Lipinski definition) is 2. The number of halogens is 1. The van der Waals surface area contributed by atoms with E-state index in [2.05, 4.69) is 24.4 Å². The van der Waals surface area contributed by atoms with Crippen LogP contribution < -0.4 is 15.8 Å². The molecule has 0 aliphatic carbocycles. The average Bonchev–Trinajstić information content (AvgIpc) is 2.61. The fourth-order valence-electron chi connectivity index (χ4n) is 2.43. The van der Waals surface area contributed by atoms with E-state index in [0.29, 0.717) is 12.5 Å². The largest absolute Gasteiger partial charge is 0.497 e. The van der Waals surface area contributed by atoms with Crippen molar-refractivity contribution in [3.8, 4) is 5.75 Å². The number of nitrogens with one attached hydrogen (secondary N) is 1. The second-order valence-corrected chi connectivity index (χ2v) is 5.64. The van der Waals surface area contributed by atoms with Crippen LogP contribution in [0.4, 0.5) is 0 Å². The maximum Gasteiger partial charge on any atom is 0.241 e. The molecule has 130 valence electrons. The standard InChI is InChI=1S/C19H24N2O2.ClH/c1-14(15-8-10-17(23-2)11-9-15)12-13-21-19(22)18(20)16-6-4-3-5-7-16;/h3-11,14,18H,12-13,20H2,1-2H3,(H,21,22);1H. The Labute approximate surface area is 149 Å². The van der Waals surface area contributed by atoms with Gasteiger partial charge in [0.15, 0.2) is 0 Å². The predicted molar refractivity (Wildman–Crippen MR) is 99.7 cm³/mol. The SMILES string of the molecule is COc1ccc(C(C)CCNC(=O)C(N)c2ccccc2)cc1.Cl. The topological polar surface area (TPSA) is 64.3 Å². The van der Waals surface area contributed by atoms with Crippen molar-refractivity contribution in [2.75, 3.05) is 13.7 Å². The Morgan fingerprint density at radius 3 is 2.29 bits per heavy atom. The normalized spacial score (nSPS) is 12.6. The smallest absolute Gasteiger partial charge is 0.241 e. The number of ether oxygens (including phenoxy) is 1. The van der Waals surface area contributed by atoms with Gasteiger partial charge in [-0.3, -0.25) is 4.79 Å². The van der Waals surface area contributed by atoms with Crippen LogP contribution in [0.3, 0.4) is 0 Å². The Kier molecular flexibility index (Phi) is 8.30. The first-order valence-electron chi connectivity index (χ1n) is 7.84. The first kappa shape index (κ1) is 20.0. The number of hydrogen-bond acceptors (Lipinski definition) is 3. The van der Waals surface area contributed by atoms with Crippen LogP contribution in [-0.4, -0.2) is 19.6 Å². The Bertz CT molecular complexity index is 617. The summed E-state index contributed by atoms with van der Waals surface area (Å²) in [5.41, 5.74) is 8.03. The van der Waals surface area contributed by atoms with Gasteiger partial charge >= 0.3 is 0 Å². The fourth-order valence-corrected chi connectivity index (χ4v) is 2.43. The number of rotatable bonds is 7. The minimum absolute atomic E-state index is 0. The summed E-state index contributed by atoms with van der Waals surface area (Å²) in [6.45, 7) is 2.75. The lowest BCUT2D eigenvalue weighted by Gasteiger charge is -2.15. The molecule has 0 saturated carbocycles. The summed E-state index contributed by atoms with van der Waals surface area (Å²) in [4.78, 5) is 12.1. The quantitative estimate of drug-likeness (QED) is 0.805. The van der Waals surface area contributed by atoms with Crippen LogP contribution >= 0.6 is 12.4 Å². The molecular weight excluding hydrogens is 324 g/mol. The second kappa shape index (κ2) is 9.96. The third-order valence-electron chi connectivity index (χ3n) is 4.00. The van der Waals surface area contributed by atoms with Gasteiger partial charge in [-0.1, -0.05) is 49.4 Å². The van der Waals surface area contributed by atoms with Gasteiger partial charge in [0.05, 0.1) is 7.11 Å². The minimum atomic E-state index is -0.618. The maximum absolute atomic E-state index is 12.1. The van der Waals surface area contributed by atoms with Gasteiger partial charge in [0.1, 0.15) is 11.8 Å².